The summed E-state index contributed by atoms with van der Waals surface area (Å²) in [6.45, 7) is 0. The fourth-order valence-electron chi connectivity index (χ4n) is 1.64. The van der Waals surface area contributed by atoms with Crippen molar-refractivity contribution in [2.45, 2.75) is 11.5 Å². The van der Waals surface area contributed by atoms with E-state index in [1.54, 1.807) is 0 Å². The van der Waals surface area contributed by atoms with E-state index >= 15 is 0 Å². The quantitative estimate of drug-likeness (QED) is 0.502. The van der Waals surface area contributed by atoms with Crippen molar-refractivity contribution < 1.29 is 26.7 Å². The Morgan fingerprint density at radius 3 is 2.29 bits per heavy atom. The number of halogens is 6. The zero-order valence-corrected chi connectivity index (χ0v) is 11.9. The summed E-state index contributed by atoms with van der Waals surface area (Å²) in [5.74, 6) is -2.95. The predicted octanol–water partition coefficient (Wildman–Crippen LogP) is 5.67. The molecule has 0 aliphatic carbocycles. The van der Waals surface area contributed by atoms with Crippen LogP contribution in [-0.2, 0) is 11.5 Å². The first-order valence-electron chi connectivity index (χ1n) is 5.70. The molecule has 2 aromatic carbocycles. The molecule has 0 N–H and O–H groups in total. The smallest absolute Gasteiger partial charge is 0.419 e. The van der Waals surface area contributed by atoms with Gasteiger partial charge >= 0.3 is 6.18 Å². The van der Waals surface area contributed by atoms with Crippen LogP contribution in [0.15, 0.2) is 36.4 Å². The SMILES string of the molecule is Fc1ccc(F)c(Oc2ccc(CBr)cc2C(F)(F)F)c1. The molecule has 0 aliphatic heterocycles. The molecule has 0 amide bonds. The zero-order valence-electron chi connectivity index (χ0n) is 10.3. The first-order chi connectivity index (χ1) is 9.81. The lowest BCUT2D eigenvalue weighted by Gasteiger charge is -2.15. The van der Waals surface area contributed by atoms with Crippen LogP contribution in [0.5, 0.6) is 11.5 Å². The molecule has 0 radical (unpaired) electrons. The third-order valence-electron chi connectivity index (χ3n) is 2.62. The maximum absolute atomic E-state index is 13.4. The Bertz CT molecular complexity index is 654. The molecule has 0 fully saturated rings. The highest BCUT2D eigenvalue weighted by atomic mass is 79.9. The Labute approximate surface area is 125 Å². The van der Waals surface area contributed by atoms with Crippen LogP contribution in [-0.4, -0.2) is 0 Å². The van der Waals surface area contributed by atoms with Gasteiger partial charge in [-0.1, -0.05) is 22.0 Å². The van der Waals surface area contributed by atoms with Crippen LogP contribution in [0.3, 0.4) is 0 Å². The van der Waals surface area contributed by atoms with Gasteiger partial charge in [0.1, 0.15) is 11.6 Å². The summed E-state index contributed by atoms with van der Waals surface area (Å²) in [5.41, 5.74) is -0.669. The summed E-state index contributed by atoms with van der Waals surface area (Å²) in [6, 6.07) is 5.68. The fourth-order valence-corrected chi connectivity index (χ4v) is 1.99. The normalized spacial score (nSPS) is 11.5. The molecule has 112 valence electrons. The van der Waals surface area contributed by atoms with Gasteiger partial charge < -0.3 is 4.74 Å². The molecule has 0 saturated heterocycles. The van der Waals surface area contributed by atoms with E-state index < -0.39 is 34.9 Å². The summed E-state index contributed by atoms with van der Waals surface area (Å²) < 4.78 is 70.3. The molecule has 0 saturated carbocycles. The highest BCUT2D eigenvalue weighted by Crippen LogP contribution is 2.39. The third-order valence-corrected chi connectivity index (χ3v) is 3.26. The minimum Gasteiger partial charge on any atom is -0.454 e. The van der Waals surface area contributed by atoms with E-state index in [0.29, 0.717) is 11.6 Å². The number of ether oxygens (including phenoxy) is 1. The van der Waals surface area contributed by atoms with E-state index in [1.165, 1.54) is 6.07 Å². The van der Waals surface area contributed by atoms with Crippen LogP contribution in [0.25, 0.3) is 0 Å². The van der Waals surface area contributed by atoms with Crippen LogP contribution >= 0.6 is 15.9 Å². The van der Waals surface area contributed by atoms with Gasteiger partial charge in [0.05, 0.1) is 5.56 Å². The lowest BCUT2D eigenvalue weighted by Crippen LogP contribution is -2.08. The van der Waals surface area contributed by atoms with Gasteiger partial charge in [0.2, 0.25) is 0 Å². The van der Waals surface area contributed by atoms with Gasteiger partial charge in [0.25, 0.3) is 0 Å². The highest BCUT2D eigenvalue weighted by molar-refractivity contribution is 9.08. The van der Waals surface area contributed by atoms with Crippen molar-refractivity contribution in [3.05, 3.63) is 59.2 Å². The first-order valence-corrected chi connectivity index (χ1v) is 6.82. The molecular formula is C14H8BrF5O. The lowest BCUT2D eigenvalue weighted by atomic mass is 10.1. The summed E-state index contributed by atoms with van der Waals surface area (Å²) in [6.07, 6.45) is -4.67. The average molecular weight is 367 g/mol. The lowest BCUT2D eigenvalue weighted by molar-refractivity contribution is -0.138. The van der Waals surface area contributed by atoms with Crippen LogP contribution in [0.1, 0.15) is 11.1 Å². The van der Waals surface area contributed by atoms with Crippen molar-refractivity contribution in [3.63, 3.8) is 0 Å². The van der Waals surface area contributed by atoms with Gasteiger partial charge in [0.15, 0.2) is 11.6 Å². The average Bonchev–Trinajstić information content (AvgIpc) is 2.42. The Morgan fingerprint density at radius 1 is 0.952 bits per heavy atom. The molecule has 1 nitrogen and oxygen atoms in total. The third kappa shape index (κ3) is 3.72. The van der Waals surface area contributed by atoms with Gasteiger partial charge in [-0.15, -0.1) is 0 Å². The zero-order chi connectivity index (χ0) is 15.6. The number of hydrogen-bond donors (Lipinski definition) is 0. The summed E-state index contributed by atoms with van der Waals surface area (Å²) in [4.78, 5) is 0. The van der Waals surface area contributed by atoms with E-state index in [-0.39, 0.29) is 5.33 Å². The topological polar surface area (TPSA) is 9.23 Å². The summed E-state index contributed by atoms with van der Waals surface area (Å²) >= 11 is 3.05. The van der Waals surface area contributed by atoms with Crippen LogP contribution in [0.4, 0.5) is 22.0 Å². The van der Waals surface area contributed by atoms with Crippen LogP contribution in [0.2, 0.25) is 0 Å². The summed E-state index contributed by atoms with van der Waals surface area (Å²) in [7, 11) is 0. The van der Waals surface area contributed by atoms with E-state index in [2.05, 4.69) is 15.9 Å². The minimum atomic E-state index is -4.67. The number of benzene rings is 2. The summed E-state index contributed by atoms with van der Waals surface area (Å²) in [5, 5.41) is 0.227. The Kier molecular flexibility index (Phi) is 4.51. The Balaban J connectivity index is 2.46. The van der Waals surface area contributed by atoms with Gasteiger partial charge in [-0.05, 0) is 29.8 Å². The Morgan fingerprint density at radius 2 is 1.67 bits per heavy atom. The minimum absolute atomic E-state index is 0.227. The number of rotatable bonds is 3. The number of alkyl halides is 4. The molecule has 0 bridgehead atoms. The van der Waals surface area contributed by atoms with Gasteiger partial charge in [-0.25, -0.2) is 8.78 Å². The molecule has 2 aromatic rings. The second-order valence-electron chi connectivity index (χ2n) is 4.14. The molecule has 0 aromatic heterocycles. The molecule has 21 heavy (non-hydrogen) atoms. The largest absolute Gasteiger partial charge is 0.454 e. The molecule has 0 aliphatic rings. The second kappa shape index (κ2) is 6.01. The van der Waals surface area contributed by atoms with E-state index in [0.717, 1.165) is 24.3 Å². The van der Waals surface area contributed by atoms with Crippen molar-refractivity contribution in [3.8, 4) is 11.5 Å². The number of hydrogen-bond acceptors (Lipinski definition) is 1. The fraction of sp³-hybridized carbons (Fsp3) is 0.143. The standard InChI is InChI=1S/C14H8BrF5O/c15-7-8-1-4-12(10(5-8)14(18,19)20)21-13-6-9(16)2-3-11(13)17/h1-6H,7H2. The monoisotopic (exact) mass is 366 g/mol. The molecule has 0 spiro atoms. The Hall–Kier alpha value is -1.63. The van der Waals surface area contributed by atoms with E-state index in [4.69, 9.17) is 4.74 Å². The van der Waals surface area contributed by atoms with E-state index in [9.17, 15) is 22.0 Å². The molecule has 0 unspecified atom stereocenters. The first kappa shape index (κ1) is 15.8. The van der Waals surface area contributed by atoms with Gasteiger partial charge in [-0.3, -0.25) is 0 Å². The van der Waals surface area contributed by atoms with Crippen LogP contribution < -0.4 is 4.74 Å². The maximum Gasteiger partial charge on any atom is 0.419 e. The maximum atomic E-state index is 13.4. The van der Waals surface area contributed by atoms with Gasteiger partial charge in [-0.2, -0.15) is 13.2 Å². The van der Waals surface area contributed by atoms with Crippen molar-refractivity contribution >= 4 is 15.9 Å². The highest BCUT2D eigenvalue weighted by Gasteiger charge is 2.35. The van der Waals surface area contributed by atoms with Crippen molar-refractivity contribution in [2.24, 2.45) is 0 Å². The van der Waals surface area contributed by atoms with Gasteiger partial charge in [0, 0.05) is 11.4 Å². The predicted molar refractivity (Wildman–Crippen MR) is 70.5 cm³/mol. The second-order valence-corrected chi connectivity index (χ2v) is 4.70. The molecule has 2 rings (SSSR count). The van der Waals surface area contributed by atoms with Crippen molar-refractivity contribution in [1.29, 1.82) is 0 Å². The van der Waals surface area contributed by atoms with E-state index in [1.807, 2.05) is 0 Å². The molecule has 0 atom stereocenters. The molecule has 0 heterocycles. The van der Waals surface area contributed by atoms with Crippen molar-refractivity contribution in [2.75, 3.05) is 0 Å². The molecular weight excluding hydrogens is 359 g/mol. The van der Waals surface area contributed by atoms with Crippen molar-refractivity contribution in [1.82, 2.24) is 0 Å². The van der Waals surface area contributed by atoms with Crippen LogP contribution in [0, 0.1) is 11.6 Å². The molecule has 7 heteroatoms.